The summed E-state index contributed by atoms with van der Waals surface area (Å²) >= 11 is 0. The van der Waals surface area contributed by atoms with Crippen LogP contribution in [0.15, 0.2) is 0 Å². The molecule has 0 fully saturated rings. The minimum absolute atomic E-state index is 0.0548. The van der Waals surface area contributed by atoms with Crippen LogP contribution in [0.5, 0.6) is 0 Å². The van der Waals surface area contributed by atoms with Crippen LogP contribution in [0.2, 0.25) is 0 Å². The van der Waals surface area contributed by atoms with Gasteiger partial charge < -0.3 is 10.8 Å². The molecule has 0 radical (unpaired) electrons. The first-order valence-corrected chi connectivity index (χ1v) is 6.11. The minimum atomic E-state index is -0.0548. The number of rotatable bonds is 6. The van der Waals surface area contributed by atoms with Gasteiger partial charge in [-0.15, -0.1) is 0 Å². The molecule has 0 atom stereocenters. The van der Waals surface area contributed by atoms with Gasteiger partial charge in [0.25, 0.3) is 0 Å². The van der Waals surface area contributed by atoms with E-state index in [2.05, 4.69) is 41.5 Å². The first-order valence-electron chi connectivity index (χ1n) is 6.11. The molecule has 0 aromatic carbocycles. The van der Waals surface area contributed by atoms with Gasteiger partial charge in [-0.2, -0.15) is 0 Å². The van der Waals surface area contributed by atoms with E-state index in [-0.39, 0.29) is 10.8 Å². The van der Waals surface area contributed by atoms with Crippen LogP contribution >= 0.6 is 0 Å². The van der Waals surface area contributed by atoms with Gasteiger partial charge in [0.15, 0.2) is 0 Å². The Bertz CT molecular complexity index is 272. The average Bonchev–Trinajstić information content (AvgIpc) is 1.99. The predicted octanol–water partition coefficient (Wildman–Crippen LogP) is 4.53. The third-order valence-electron chi connectivity index (χ3n) is 3.30. The van der Waals surface area contributed by atoms with Crippen LogP contribution in [-0.2, 0) is 0 Å². The number of hydrogen-bond acceptors (Lipinski definition) is 2. The quantitative estimate of drug-likeness (QED) is 0.623. The van der Waals surface area contributed by atoms with Crippen molar-refractivity contribution in [1.29, 1.82) is 10.8 Å². The van der Waals surface area contributed by atoms with E-state index in [4.69, 9.17) is 10.8 Å². The number of hydrogen-bond donors (Lipinski definition) is 2. The Kier molecular flexibility index (Phi) is 4.90. The van der Waals surface area contributed by atoms with Crippen LogP contribution in [0.1, 0.15) is 61.3 Å². The molecule has 2 heteroatoms. The molecular weight excluding hydrogens is 196 g/mol. The summed E-state index contributed by atoms with van der Waals surface area (Å²) in [6.45, 7) is 14.7. The highest BCUT2D eigenvalue weighted by atomic mass is 14.5. The lowest BCUT2D eigenvalue weighted by Gasteiger charge is -2.35. The highest BCUT2D eigenvalue weighted by Crippen LogP contribution is 2.37. The molecule has 0 amide bonds. The molecule has 0 aromatic rings. The first kappa shape index (κ1) is 15.3. The van der Waals surface area contributed by atoms with Gasteiger partial charge >= 0.3 is 0 Å². The Hall–Kier alpha value is -0.660. The molecule has 2 nitrogen and oxygen atoms in total. The summed E-state index contributed by atoms with van der Waals surface area (Å²) in [4.78, 5) is 0. The Balaban J connectivity index is 4.58. The van der Waals surface area contributed by atoms with Crippen molar-refractivity contribution >= 4 is 11.4 Å². The van der Waals surface area contributed by atoms with Crippen LogP contribution in [0, 0.1) is 27.6 Å². The van der Waals surface area contributed by atoms with E-state index in [1.54, 1.807) is 0 Å². The maximum Gasteiger partial charge on any atom is 0.0120 e. The zero-order valence-corrected chi connectivity index (χ0v) is 12.0. The van der Waals surface area contributed by atoms with Crippen LogP contribution in [-0.4, -0.2) is 11.4 Å². The molecule has 0 saturated heterocycles. The molecule has 0 rings (SSSR count). The third kappa shape index (κ3) is 4.91. The Morgan fingerprint density at radius 3 is 1.81 bits per heavy atom. The van der Waals surface area contributed by atoms with Crippen LogP contribution in [0.3, 0.4) is 0 Å². The van der Waals surface area contributed by atoms with Crippen molar-refractivity contribution in [3.05, 3.63) is 0 Å². The van der Waals surface area contributed by atoms with Gasteiger partial charge in [0, 0.05) is 16.8 Å². The maximum absolute atomic E-state index is 7.96. The molecule has 2 N–H and O–H groups in total. The molecule has 0 bridgehead atoms. The second-order valence-electron chi connectivity index (χ2n) is 6.71. The molecule has 16 heavy (non-hydrogen) atoms. The zero-order valence-electron chi connectivity index (χ0n) is 12.0. The van der Waals surface area contributed by atoms with E-state index in [9.17, 15) is 0 Å². The summed E-state index contributed by atoms with van der Waals surface area (Å²) in [5.74, 6) is 0.337. The van der Waals surface area contributed by atoms with Crippen molar-refractivity contribution in [2.75, 3.05) is 0 Å². The maximum atomic E-state index is 7.96. The lowest BCUT2D eigenvalue weighted by atomic mass is 9.70. The van der Waals surface area contributed by atoms with Crippen LogP contribution in [0.25, 0.3) is 0 Å². The average molecular weight is 224 g/mol. The Morgan fingerprint density at radius 2 is 1.50 bits per heavy atom. The lowest BCUT2D eigenvalue weighted by molar-refractivity contribution is 0.257. The standard InChI is InChI=1S/C14H28N2/c1-10(2)12(16)8-13(4,5)9-14(6,7)11(3)15/h10,15-16H,8-9H2,1-7H3. The van der Waals surface area contributed by atoms with Gasteiger partial charge in [0.2, 0.25) is 0 Å². The van der Waals surface area contributed by atoms with Crippen molar-refractivity contribution in [3.8, 4) is 0 Å². The molecule has 0 spiro atoms. The molecule has 0 heterocycles. The minimum Gasteiger partial charge on any atom is -0.309 e. The fourth-order valence-electron chi connectivity index (χ4n) is 2.11. The van der Waals surface area contributed by atoms with Gasteiger partial charge in [-0.05, 0) is 31.1 Å². The second-order valence-corrected chi connectivity index (χ2v) is 6.71. The second kappa shape index (κ2) is 5.11. The summed E-state index contributed by atoms with van der Waals surface area (Å²) < 4.78 is 0. The molecule has 0 aliphatic carbocycles. The Labute approximate surface area is 101 Å². The molecule has 0 saturated carbocycles. The van der Waals surface area contributed by atoms with E-state index in [1.165, 1.54) is 0 Å². The zero-order chi connectivity index (χ0) is 13.1. The normalized spacial score (nSPS) is 13.0. The summed E-state index contributed by atoms with van der Waals surface area (Å²) in [6, 6.07) is 0. The number of nitrogens with one attached hydrogen (secondary N) is 2. The van der Waals surface area contributed by atoms with Gasteiger partial charge in [-0.1, -0.05) is 41.5 Å². The smallest absolute Gasteiger partial charge is 0.0120 e. The molecular formula is C14H28N2. The van der Waals surface area contributed by atoms with Crippen molar-refractivity contribution in [2.45, 2.75) is 61.3 Å². The van der Waals surface area contributed by atoms with E-state index < -0.39 is 0 Å². The van der Waals surface area contributed by atoms with Gasteiger partial charge in [-0.25, -0.2) is 0 Å². The van der Waals surface area contributed by atoms with E-state index >= 15 is 0 Å². The molecule has 94 valence electrons. The van der Waals surface area contributed by atoms with Crippen molar-refractivity contribution in [3.63, 3.8) is 0 Å². The van der Waals surface area contributed by atoms with E-state index in [0.29, 0.717) is 5.92 Å². The third-order valence-corrected chi connectivity index (χ3v) is 3.30. The lowest BCUT2D eigenvalue weighted by Crippen LogP contribution is -2.30. The highest BCUT2D eigenvalue weighted by Gasteiger charge is 2.31. The fraction of sp³-hybridized carbons (Fsp3) is 0.857. The van der Waals surface area contributed by atoms with Crippen LogP contribution in [0.4, 0.5) is 0 Å². The van der Waals surface area contributed by atoms with Gasteiger partial charge in [0.1, 0.15) is 0 Å². The SMILES string of the molecule is CC(=N)C(C)(C)CC(C)(C)CC(=N)C(C)C. The molecule has 0 aromatic heterocycles. The molecule has 0 aliphatic heterocycles. The van der Waals surface area contributed by atoms with Crippen LogP contribution < -0.4 is 0 Å². The predicted molar refractivity (Wildman–Crippen MR) is 72.8 cm³/mol. The summed E-state index contributed by atoms with van der Waals surface area (Å²) in [5.41, 5.74) is 1.61. The molecule has 0 unspecified atom stereocenters. The monoisotopic (exact) mass is 224 g/mol. The van der Waals surface area contributed by atoms with E-state index in [1.807, 2.05) is 6.92 Å². The Morgan fingerprint density at radius 1 is 1.06 bits per heavy atom. The van der Waals surface area contributed by atoms with E-state index in [0.717, 1.165) is 24.3 Å². The highest BCUT2D eigenvalue weighted by molar-refractivity contribution is 5.85. The van der Waals surface area contributed by atoms with Gasteiger partial charge in [0.05, 0.1) is 0 Å². The van der Waals surface area contributed by atoms with Gasteiger partial charge in [-0.3, -0.25) is 0 Å². The van der Waals surface area contributed by atoms with Crippen molar-refractivity contribution in [2.24, 2.45) is 16.7 Å². The van der Waals surface area contributed by atoms with Crippen molar-refractivity contribution < 1.29 is 0 Å². The fourth-order valence-corrected chi connectivity index (χ4v) is 2.11. The molecule has 0 aliphatic rings. The summed E-state index contributed by atoms with van der Waals surface area (Å²) in [6.07, 6.45) is 1.80. The topological polar surface area (TPSA) is 47.7 Å². The summed E-state index contributed by atoms with van der Waals surface area (Å²) in [7, 11) is 0. The van der Waals surface area contributed by atoms with Crippen molar-refractivity contribution in [1.82, 2.24) is 0 Å². The largest absolute Gasteiger partial charge is 0.309 e. The summed E-state index contributed by atoms with van der Waals surface area (Å²) in [5, 5.41) is 15.8. The first-order chi connectivity index (χ1) is 6.98.